The summed E-state index contributed by atoms with van der Waals surface area (Å²) in [6, 6.07) is 3.34. The Balaban J connectivity index is 2.10. The standard InChI is InChI=1S/C11H12ClN5O/c12-8-2-1-4-14-10(8)16-11(18)9-6-17(5-3-13)7-15-9/h1-2,4,6-7H,3,5,13H2,(H,14,16,18). The van der Waals surface area contributed by atoms with Gasteiger partial charge in [-0.15, -0.1) is 0 Å². The zero-order chi connectivity index (χ0) is 13.0. The molecule has 7 heteroatoms. The number of aromatic nitrogens is 3. The molecule has 0 fully saturated rings. The highest BCUT2D eigenvalue weighted by molar-refractivity contribution is 6.33. The predicted molar refractivity (Wildman–Crippen MR) is 68.5 cm³/mol. The molecule has 0 aliphatic heterocycles. The number of imidazole rings is 1. The van der Waals surface area contributed by atoms with Crippen molar-refractivity contribution in [1.82, 2.24) is 14.5 Å². The molecule has 6 nitrogen and oxygen atoms in total. The number of anilines is 1. The first-order valence-electron chi connectivity index (χ1n) is 5.34. The summed E-state index contributed by atoms with van der Waals surface area (Å²) in [5.41, 5.74) is 5.71. The number of nitrogens with zero attached hydrogens (tertiary/aromatic N) is 3. The van der Waals surface area contributed by atoms with Crippen molar-refractivity contribution in [1.29, 1.82) is 0 Å². The van der Waals surface area contributed by atoms with Gasteiger partial charge in [-0.25, -0.2) is 9.97 Å². The summed E-state index contributed by atoms with van der Waals surface area (Å²) in [5, 5.41) is 2.97. The Morgan fingerprint density at radius 2 is 2.33 bits per heavy atom. The number of rotatable bonds is 4. The summed E-state index contributed by atoms with van der Waals surface area (Å²) < 4.78 is 1.74. The van der Waals surface area contributed by atoms with Gasteiger partial charge in [0.2, 0.25) is 0 Å². The van der Waals surface area contributed by atoms with Gasteiger partial charge in [0.05, 0.1) is 11.3 Å². The molecule has 0 saturated carbocycles. The van der Waals surface area contributed by atoms with Crippen LogP contribution in [-0.2, 0) is 6.54 Å². The van der Waals surface area contributed by atoms with Gasteiger partial charge in [0.15, 0.2) is 5.82 Å². The largest absolute Gasteiger partial charge is 0.335 e. The third-order valence-corrected chi connectivity index (χ3v) is 2.55. The Bertz CT molecular complexity index is 554. The molecule has 2 heterocycles. The highest BCUT2D eigenvalue weighted by Gasteiger charge is 2.11. The summed E-state index contributed by atoms with van der Waals surface area (Å²) in [6.45, 7) is 1.11. The Morgan fingerprint density at radius 3 is 3.06 bits per heavy atom. The van der Waals surface area contributed by atoms with Crippen LogP contribution in [0.1, 0.15) is 10.5 Å². The van der Waals surface area contributed by atoms with Gasteiger partial charge >= 0.3 is 0 Å². The zero-order valence-electron chi connectivity index (χ0n) is 9.51. The van der Waals surface area contributed by atoms with Gasteiger partial charge in [-0.05, 0) is 12.1 Å². The number of hydrogen-bond donors (Lipinski definition) is 2. The number of nitrogens with two attached hydrogens (primary N) is 1. The van der Waals surface area contributed by atoms with E-state index in [1.807, 2.05) is 0 Å². The molecule has 0 bridgehead atoms. The number of carbonyl (C=O) groups is 1. The van der Waals surface area contributed by atoms with E-state index >= 15 is 0 Å². The molecule has 2 rings (SSSR count). The Labute approximate surface area is 109 Å². The Kier molecular flexibility index (Phi) is 3.91. The smallest absolute Gasteiger partial charge is 0.277 e. The van der Waals surface area contributed by atoms with Gasteiger partial charge in [-0.3, -0.25) is 4.79 Å². The first kappa shape index (κ1) is 12.5. The van der Waals surface area contributed by atoms with E-state index in [1.165, 1.54) is 0 Å². The van der Waals surface area contributed by atoms with Crippen LogP contribution in [0, 0.1) is 0 Å². The molecule has 2 aromatic heterocycles. The fourth-order valence-electron chi connectivity index (χ4n) is 1.40. The van der Waals surface area contributed by atoms with Crippen molar-refractivity contribution in [3.8, 4) is 0 Å². The molecule has 18 heavy (non-hydrogen) atoms. The number of amides is 1. The van der Waals surface area contributed by atoms with Crippen LogP contribution in [0.15, 0.2) is 30.9 Å². The molecular formula is C11H12ClN5O. The minimum Gasteiger partial charge on any atom is -0.335 e. The summed E-state index contributed by atoms with van der Waals surface area (Å²) in [6.07, 6.45) is 4.73. The van der Waals surface area contributed by atoms with Crippen molar-refractivity contribution < 1.29 is 4.79 Å². The van der Waals surface area contributed by atoms with Crippen molar-refractivity contribution in [2.24, 2.45) is 5.73 Å². The highest BCUT2D eigenvalue weighted by Crippen LogP contribution is 2.17. The molecule has 0 aliphatic carbocycles. The average Bonchev–Trinajstić information content (AvgIpc) is 2.81. The maximum Gasteiger partial charge on any atom is 0.277 e. The number of nitrogens with one attached hydrogen (secondary N) is 1. The van der Waals surface area contributed by atoms with E-state index < -0.39 is 0 Å². The fraction of sp³-hybridized carbons (Fsp3) is 0.182. The maximum atomic E-state index is 11.9. The Hall–Kier alpha value is -1.92. The average molecular weight is 266 g/mol. The van der Waals surface area contributed by atoms with Crippen LogP contribution in [0.2, 0.25) is 5.02 Å². The first-order chi connectivity index (χ1) is 8.70. The van der Waals surface area contributed by atoms with Gasteiger partial charge in [0, 0.05) is 25.5 Å². The molecule has 0 saturated heterocycles. The third-order valence-electron chi connectivity index (χ3n) is 2.24. The summed E-state index contributed by atoms with van der Waals surface area (Å²) in [5.74, 6) is -0.0380. The van der Waals surface area contributed by atoms with Crippen LogP contribution in [0.5, 0.6) is 0 Å². The third kappa shape index (κ3) is 2.85. The SMILES string of the molecule is NCCn1cnc(C(=O)Nc2ncccc2Cl)c1. The van der Waals surface area contributed by atoms with Gasteiger partial charge in [-0.1, -0.05) is 11.6 Å². The van der Waals surface area contributed by atoms with E-state index in [4.69, 9.17) is 17.3 Å². The molecule has 0 aromatic carbocycles. The van der Waals surface area contributed by atoms with Crippen LogP contribution < -0.4 is 11.1 Å². The van der Waals surface area contributed by atoms with E-state index in [1.54, 1.807) is 35.4 Å². The summed E-state index contributed by atoms with van der Waals surface area (Å²) in [4.78, 5) is 19.8. The van der Waals surface area contributed by atoms with Crippen molar-refractivity contribution >= 4 is 23.3 Å². The van der Waals surface area contributed by atoms with Crippen molar-refractivity contribution in [2.75, 3.05) is 11.9 Å². The summed E-state index contributed by atoms with van der Waals surface area (Å²) in [7, 11) is 0. The van der Waals surface area contributed by atoms with Crippen molar-refractivity contribution in [3.05, 3.63) is 41.6 Å². The first-order valence-corrected chi connectivity index (χ1v) is 5.72. The lowest BCUT2D eigenvalue weighted by molar-refractivity contribution is 0.102. The minimum absolute atomic E-state index is 0.296. The van der Waals surface area contributed by atoms with Crippen LogP contribution in [0.4, 0.5) is 5.82 Å². The molecule has 2 aromatic rings. The number of carbonyl (C=O) groups excluding carboxylic acids is 1. The molecular weight excluding hydrogens is 254 g/mol. The van der Waals surface area contributed by atoms with Crippen LogP contribution in [0.25, 0.3) is 0 Å². The second kappa shape index (κ2) is 5.61. The molecule has 94 valence electrons. The molecule has 0 unspecified atom stereocenters. The van der Waals surface area contributed by atoms with Gasteiger partial charge in [0.25, 0.3) is 5.91 Å². The lowest BCUT2D eigenvalue weighted by Crippen LogP contribution is -2.14. The maximum absolute atomic E-state index is 11.9. The topological polar surface area (TPSA) is 85.8 Å². The van der Waals surface area contributed by atoms with E-state index in [9.17, 15) is 4.79 Å². The van der Waals surface area contributed by atoms with Crippen molar-refractivity contribution in [2.45, 2.75) is 6.54 Å². The van der Waals surface area contributed by atoms with Crippen molar-refractivity contribution in [3.63, 3.8) is 0 Å². The van der Waals surface area contributed by atoms with E-state index in [0.29, 0.717) is 29.6 Å². The second-order valence-electron chi connectivity index (χ2n) is 3.57. The van der Waals surface area contributed by atoms with Crippen LogP contribution in [-0.4, -0.2) is 27.0 Å². The van der Waals surface area contributed by atoms with Crippen LogP contribution in [0.3, 0.4) is 0 Å². The van der Waals surface area contributed by atoms with Crippen LogP contribution >= 0.6 is 11.6 Å². The van der Waals surface area contributed by atoms with Gasteiger partial charge < -0.3 is 15.6 Å². The van der Waals surface area contributed by atoms with E-state index in [0.717, 1.165) is 0 Å². The molecule has 1 amide bonds. The van der Waals surface area contributed by atoms with Gasteiger partial charge in [0.1, 0.15) is 5.69 Å². The lowest BCUT2D eigenvalue weighted by Gasteiger charge is -2.03. The number of halogens is 1. The zero-order valence-corrected chi connectivity index (χ0v) is 10.3. The van der Waals surface area contributed by atoms with E-state index in [-0.39, 0.29) is 5.91 Å². The number of pyridine rings is 1. The molecule has 0 atom stereocenters. The minimum atomic E-state index is -0.355. The fourth-order valence-corrected chi connectivity index (χ4v) is 1.57. The second-order valence-corrected chi connectivity index (χ2v) is 3.98. The van der Waals surface area contributed by atoms with E-state index in [2.05, 4.69) is 15.3 Å². The predicted octanol–water partition coefficient (Wildman–Crippen LogP) is 1.14. The summed E-state index contributed by atoms with van der Waals surface area (Å²) >= 11 is 5.89. The lowest BCUT2D eigenvalue weighted by atomic mass is 10.4. The normalized spacial score (nSPS) is 10.3. The van der Waals surface area contributed by atoms with Gasteiger partial charge in [-0.2, -0.15) is 0 Å². The quantitative estimate of drug-likeness (QED) is 0.868. The molecule has 3 N–H and O–H groups in total. The molecule has 0 radical (unpaired) electrons. The number of hydrogen-bond acceptors (Lipinski definition) is 4. The highest BCUT2D eigenvalue weighted by atomic mass is 35.5. The molecule has 0 spiro atoms. The molecule has 0 aliphatic rings. The Morgan fingerprint density at radius 1 is 1.50 bits per heavy atom. The monoisotopic (exact) mass is 265 g/mol.